The summed E-state index contributed by atoms with van der Waals surface area (Å²) in [7, 11) is -11.3. The van der Waals surface area contributed by atoms with Gasteiger partial charge >= 0.3 is 16.4 Å². The van der Waals surface area contributed by atoms with E-state index in [0.29, 0.717) is 0 Å². The summed E-state index contributed by atoms with van der Waals surface area (Å²) in [6.07, 6.45) is -0.677. The van der Waals surface area contributed by atoms with Crippen LogP contribution in [-0.2, 0) is 4.79 Å². The highest BCUT2D eigenvalue weighted by atomic mass is 31.3. The molecule has 1 aliphatic heterocycles. The lowest BCUT2D eigenvalue weighted by Gasteiger charge is -2.32. The molecule has 0 saturated heterocycles. The summed E-state index contributed by atoms with van der Waals surface area (Å²) in [4.78, 5) is 10.8. The number of carbonyl (C=O) groups excluding carboxylic acids is 1. The molecule has 0 aromatic heterocycles. The monoisotopic (exact) mass is 298 g/mol. The van der Waals surface area contributed by atoms with E-state index in [4.69, 9.17) is 0 Å². The Morgan fingerprint density at radius 3 is 2.44 bits per heavy atom. The molecule has 0 radical (unpaired) electrons. The molecule has 4 nitrogen and oxygen atoms in total. The van der Waals surface area contributed by atoms with Gasteiger partial charge in [-0.1, -0.05) is 15.9 Å². The van der Waals surface area contributed by atoms with Gasteiger partial charge in [0.05, 0.1) is 4.66 Å². The van der Waals surface area contributed by atoms with E-state index in [9.17, 15) is 22.2 Å². The summed E-state index contributed by atoms with van der Waals surface area (Å²) in [5.74, 6) is 0. The number of hydrogen-bond donors (Lipinski definition) is 0. The molecule has 3 atom stereocenters. The van der Waals surface area contributed by atoms with E-state index in [0.717, 1.165) is 0 Å². The molecular formula is C5H11F4N3OP3+. The fourth-order valence-corrected chi connectivity index (χ4v) is 9.75. The zero-order valence-corrected chi connectivity index (χ0v) is 11.3. The Hall–Kier alpha value is 0.400. The highest BCUT2D eigenvalue weighted by Gasteiger charge is 2.67. The zero-order chi connectivity index (χ0) is 12.6. The number of hydrogen-bond acceptors (Lipinski definition) is 4. The summed E-state index contributed by atoms with van der Waals surface area (Å²) in [5.41, 5.74) is 0. The van der Waals surface area contributed by atoms with Crippen molar-refractivity contribution >= 4 is 29.6 Å². The zero-order valence-electron chi connectivity index (χ0n) is 8.59. The summed E-state index contributed by atoms with van der Waals surface area (Å²) < 4.78 is 56.1. The average Bonchev–Trinajstić information content (AvgIpc) is 2.31. The van der Waals surface area contributed by atoms with Crippen LogP contribution in [0.15, 0.2) is 4.52 Å². The molecule has 0 fully saturated rings. The first-order valence-electron chi connectivity index (χ1n) is 4.42. The number of halogens is 4. The molecule has 0 amide bonds. The van der Waals surface area contributed by atoms with Gasteiger partial charge in [-0.25, -0.2) is 0 Å². The van der Waals surface area contributed by atoms with Gasteiger partial charge < -0.3 is 0 Å². The Morgan fingerprint density at radius 2 is 2.06 bits per heavy atom. The summed E-state index contributed by atoms with van der Waals surface area (Å²) in [6.45, 7) is 2.60. The van der Waals surface area contributed by atoms with Gasteiger partial charge in [0, 0.05) is 6.16 Å². The van der Waals surface area contributed by atoms with Crippen molar-refractivity contribution in [3.05, 3.63) is 0 Å². The lowest BCUT2D eigenvalue weighted by atomic mass is 11.0. The lowest BCUT2D eigenvalue weighted by Crippen LogP contribution is -2.24. The van der Waals surface area contributed by atoms with E-state index in [2.05, 4.69) is 4.52 Å². The van der Waals surface area contributed by atoms with Crippen molar-refractivity contribution in [2.45, 2.75) is 13.8 Å². The first-order valence-corrected chi connectivity index (χ1v) is 9.27. The first kappa shape index (κ1) is 14.5. The summed E-state index contributed by atoms with van der Waals surface area (Å²) in [6, 6.07) is 0.124. The van der Waals surface area contributed by atoms with Crippen LogP contribution in [0.1, 0.15) is 13.8 Å². The SMILES string of the molecule is CCP1(C=O)=NP(F)N(F)[P+](F)(CC)N1F. The predicted octanol–water partition coefficient (Wildman–Crippen LogP) is 4.65. The second-order valence-corrected chi connectivity index (χ2v) is 10.5. The van der Waals surface area contributed by atoms with Crippen molar-refractivity contribution in [1.82, 2.24) is 9.33 Å². The molecule has 1 heterocycles. The van der Waals surface area contributed by atoms with Crippen LogP contribution in [0.4, 0.5) is 17.4 Å². The van der Waals surface area contributed by atoms with Crippen molar-refractivity contribution in [3.63, 3.8) is 0 Å². The molecule has 1 aliphatic rings. The third-order valence-corrected chi connectivity index (χ3v) is 11.0. The number of rotatable bonds is 3. The topological polar surface area (TPSA) is 35.9 Å². The largest absolute Gasteiger partial charge is 0.419 e. The van der Waals surface area contributed by atoms with Crippen LogP contribution in [-0.4, -0.2) is 27.7 Å². The average molecular weight is 298 g/mol. The van der Waals surface area contributed by atoms with E-state index >= 15 is 0 Å². The fourth-order valence-electron chi connectivity index (χ4n) is 1.15. The van der Waals surface area contributed by atoms with Gasteiger partial charge in [-0.2, -0.15) is 8.71 Å². The molecule has 0 spiro atoms. The minimum Gasteiger partial charge on any atom is -0.295 e. The smallest absolute Gasteiger partial charge is 0.295 e. The van der Waals surface area contributed by atoms with Crippen LogP contribution in [0.2, 0.25) is 0 Å². The van der Waals surface area contributed by atoms with E-state index < -0.39 is 39.1 Å². The normalized spacial score (nSPS) is 41.8. The molecule has 0 N–H and O–H groups in total. The Labute approximate surface area is 92.5 Å². The van der Waals surface area contributed by atoms with Crippen molar-refractivity contribution < 1.29 is 22.2 Å². The Bertz CT molecular complexity index is 345. The van der Waals surface area contributed by atoms with Crippen molar-refractivity contribution in [3.8, 4) is 0 Å². The summed E-state index contributed by atoms with van der Waals surface area (Å²) >= 11 is 0. The second kappa shape index (κ2) is 4.95. The molecule has 1 rings (SSSR count). The fraction of sp³-hybridized carbons (Fsp3) is 0.800. The molecule has 11 heteroatoms. The van der Waals surface area contributed by atoms with E-state index in [1.807, 2.05) is 0 Å². The molecule has 16 heavy (non-hydrogen) atoms. The minimum atomic E-state index is -4.53. The Kier molecular flexibility index (Phi) is 4.47. The number of nitrogens with zero attached hydrogens (tertiary/aromatic N) is 3. The van der Waals surface area contributed by atoms with Crippen LogP contribution in [0, 0.1) is 0 Å². The Balaban J connectivity index is 3.34. The standard InChI is InChI=1S/C5H11F4N3OP3/c1-3-15(5-13)10-14(8)11(6)16(9,4-2)12(15)7/h5H,3-4H2,1-2H3/q+1. The van der Waals surface area contributed by atoms with Crippen molar-refractivity contribution in [2.75, 3.05) is 12.3 Å². The molecule has 3 unspecified atom stereocenters. The predicted molar refractivity (Wildman–Crippen MR) is 59.1 cm³/mol. The number of carbonyl (C=O) groups is 1. The maximum atomic E-state index is 14.0. The van der Waals surface area contributed by atoms with Gasteiger partial charge in [0.1, 0.15) is 10.8 Å². The molecule has 0 aromatic carbocycles. The van der Waals surface area contributed by atoms with Crippen LogP contribution < -0.4 is 0 Å². The lowest BCUT2D eigenvalue weighted by molar-refractivity contribution is 0.182. The van der Waals surface area contributed by atoms with Crippen molar-refractivity contribution in [1.29, 1.82) is 0 Å². The van der Waals surface area contributed by atoms with Crippen LogP contribution in [0.25, 0.3) is 0 Å². The maximum Gasteiger partial charge on any atom is 0.419 e. The summed E-state index contributed by atoms with van der Waals surface area (Å²) in [5, 5.41) is 0. The molecule has 94 valence electrons. The minimum absolute atomic E-state index is 0.124. The Morgan fingerprint density at radius 1 is 1.50 bits per heavy atom. The molecular weight excluding hydrogens is 287 g/mol. The second-order valence-electron chi connectivity index (χ2n) is 2.98. The highest BCUT2D eigenvalue weighted by molar-refractivity contribution is 7.93. The van der Waals surface area contributed by atoms with Gasteiger partial charge in [0.15, 0.2) is 13.2 Å². The van der Waals surface area contributed by atoms with Crippen LogP contribution >= 0.6 is 23.6 Å². The first-order chi connectivity index (χ1) is 7.38. The van der Waals surface area contributed by atoms with Gasteiger partial charge in [-0.15, -0.1) is 0 Å². The molecule has 0 bridgehead atoms. The van der Waals surface area contributed by atoms with Crippen LogP contribution in [0.3, 0.4) is 0 Å². The van der Waals surface area contributed by atoms with Crippen molar-refractivity contribution in [2.24, 2.45) is 4.52 Å². The molecule has 0 aromatic rings. The van der Waals surface area contributed by atoms with Gasteiger partial charge in [0.2, 0.25) is 0 Å². The van der Waals surface area contributed by atoms with E-state index in [1.165, 1.54) is 13.8 Å². The van der Waals surface area contributed by atoms with Gasteiger partial charge in [0.25, 0.3) is 0 Å². The van der Waals surface area contributed by atoms with Gasteiger partial charge in [-0.3, -0.25) is 4.79 Å². The maximum absolute atomic E-state index is 14.0. The van der Waals surface area contributed by atoms with E-state index in [-0.39, 0.29) is 12.2 Å². The van der Waals surface area contributed by atoms with Crippen LogP contribution in [0.5, 0.6) is 0 Å². The molecule has 0 aliphatic carbocycles. The quantitative estimate of drug-likeness (QED) is 0.329. The highest BCUT2D eigenvalue weighted by Crippen LogP contribution is 2.87. The third-order valence-electron chi connectivity index (χ3n) is 2.19. The molecule has 0 saturated carbocycles. The third kappa shape index (κ3) is 1.95. The van der Waals surface area contributed by atoms with Gasteiger partial charge in [-0.05, 0) is 11.1 Å². The van der Waals surface area contributed by atoms with E-state index in [1.54, 1.807) is 0 Å².